The van der Waals surface area contributed by atoms with Crippen LogP contribution >= 0.6 is 11.6 Å². The van der Waals surface area contributed by atoms with Crippen LogP contribution in [-0.2, 0) is 6.54 Å². The molecule has 2 rings (SSSR count). The molecule has 0 aliphatic heterocycles. The largest absolute Gasteiger partial charge is 0.497 e. The van der Waals surface area contributed by atoms with Crippen LogP contribution in [0.3, 0.4) is 0 Å². The van der Waals surface area contributed by atoms with Gasteiger partial charge in [0.15, 0.2) is 0 Å². The van der Waals surface area contributed by atoms with Crippen molar-refractivity contribution in [3.8, 4) is 16.9 Å². The Bertz CT molecular complexity index is 551. The van der Waals surface area contributed by atoms with E-state index in [1.165, 1.54) is 12.1 Å². The molecule has 0 atom stereocenters. The van der Waals surface area contributed by atoms with Crippen LogP contribution in [-0.4, -0.2) is 7.11 Å². The van der Waals surface area contributed by atoms with E-state index in [1.807, 2.05) is 18.2 Å². The van der Waals surface area contributed by atoms with Crippen molar-refractivity contribution >= 4 is 11.6 Å². The van der Waals surface area contributed by atoms with Gasteiger partial charge >= 0.3 is 0 Å². The molecule has 94 valence electrons. The predicted molar refractivity (Wildman–Crippen MR) is 71.3 cm³/mol. The monoisotopic (exact) mass is 265 g/mol. The van der Waals surface area contributed by atoms with E-state index in [1.54, 1.807) is 13.2 Å². The normalized spacial score (nSPS) is 10.4. The number of nitrogens with two attached hydrogens (primary N) is 1. The molecule has 0 radical (unpaired) electrons. The van der Waals surface area contributed by atoms with Crippen LogP contribution in [0.15, 0.2) is 36.4 Å². The summed E-state index contributed by atoms with van der Waals surface area (Å²) < 4.78 is 18.6. The maximum atomic E-state index is 13.4. The van der Waals surface area contributed by atoms with E-state index in [4.69, 9.17) is 22.1 Å². The lowest BCUT2D eigenvalue weighted by atomic mass is 9.99. The van der Waals surface area contributed by atoms with Crippen LogP contribution in [0, 0.1) is 5.82 Å². The average Bonchev–Trinajstić information content (AvgIpc) is 2.36. The first-order chi connectivity index (χ1) is 8.63. The molecule has 0 saturated carbocycles. The molecule has 0 aliphatic rings. The highest BCUT2D eigenvalue weighted by Crippen LogP contribution is 2.30. The number of rotatable bonds is 3. The van der Waals surface area contributed by atoms with E-state index in [9.17, 15) is 4.39 Å². The molecule has 0 aromatic heterocycles. The number of hydrogen-bond acceptors (Lipinski definition) is 2. The SMILES string of the molecule is COc1ccc(CN)c(-c2cc(F)cc(Cl)c2)c1. The Labute approximate surface area is 110 Å². The highest BCUT2D eigenvalue weighted by molar-refractivity contribution is 6.30. The number of hydrogen-bond donors (Lipinski definition) is 1. The van der Waals surface area contributed by atoms with Crippen molar-refractivity contribution < 1.29 is 9.13 Å². The first kappa shape index (κ1) is 12.9. The maximum absolute atomic E-state index is 13.4. The van der Waals surface area contributed by atoms with Gasteiger partial charge in [-0.05, 0) is 47.0 Å². The molecule has 0 bridgehead atoms. The van der Waals surface area contributed by atoms with Gasteiger partial charge in [0.1, 0.15) is 11.6 Å². The van der Waals surface area contributed by atoms with Crippen molar-refractivity contribution in [3.05, 3.63) is 52.8 Å². The Hall–Kier alpha value is -1.58. The van der Waals surface area contributed by atoms with E-state index in [2.05, 4.69) is 0 Å². The van der Waals surface area contributed by atoms with Crippen LogP contribution in [0.2, 0.25) is 5.02 Å². The molecule has 0 saturated heterocycles. The van der Waals surface area contributed by atoms with Crippen molar-refractivity contribution in [1.82, 2.24) is 0 Å². The Kier molecular flexibility index (Phi) is 3.84. The van der Waals surface area contributed by atoms with Gasteiger partial charge in [0.2, 0.25) is 0 Å². The third kappa shape index (κ3) is 2.63. The van der Waals surface area contributed by atoms with Crippen LogP contribution < -0.4 is 10.5 Å². The zero-order chi connectivity index (χ0) is 13.1. The lowest BCUT2D eigenvalue weighted by Gasteiger charge is -2.11. The minimum absolute atomic E-state index is 0.357. The topological polar surface area (TPSA) is 35.2 Å². The molecule has 4 heteroatoms. The predicted octanol–water partition coefficient (Wildman–Crippen LogP) is 3.61. The minimum Gasteiger partial charge on any atom is -0.497 e. The van der Waals surface area contributed by atoms with E-state index in [0.717, 1.165) is 11.1 Å². The number of halogens is 2. The molecule has 0 spiro atoms. The van der Waals surface area contributed by atoms with Gasteiger partial charge in [0.05, 0.1) is 7.11 Å². The number of ether oxygens (including phenoxy) is 1. The summed E-state index contributed by atoms with van der Waals surface area (Å²) in [6, 6.07) is 9.93. The van der Waals surface area contributed by atoms with Crippen molar-refractivity contribution in [2.75, 3.05) is 7.11 Å². The zero-order valence-electron chi connectivity index (χ0n) is 9.91. The van der Waals surface area contributed by atoms with Crippen LogP contribution in [0.25, 0.3) is 11.1 Å². The van der Waals surface area contributed by atoms with E-state index in [-0.39, 0.29) is 5.82 Å². The van der Waals surface area contributed by atoms with Gasteiger partial charge < -0.3 is 10.5 Å². The molecule has 18 heavy (non-hydrogen) atoms. The molecule has 0 heterocycles. The quantitative estimate of drug-likeness (QED) is 0.920. The third-order valence-corrected chi connectivity index (χ3v) is 2.93. The van der Waals surface area contributed by atoms with Gasteiger partial charge in [-0.2, -0.15) is 0 Å². The fourth-order valence-corrected chi connectivity index (χ4v) is 2.06. The van der Waals surface area contributed by atoms with Gasteiger partial charge in [0.25, 0.3) is 0 Å². The van der Waals surface area contributed by atoms with Crippen molar-refractivity contribution in [1.29, 1.82) is 0 Å². The van der Waals surface area contributed by atoms with Gasteiger partial charge in [-0.15, -0.1) is 0 Å². The lowest BCUT2D eigenvalue weighted by molar-refractivity contribution is 0.415. The fraction of sp³-hybridized carbons (Fsp3) is 0.143. The fourth-order valence-electron chi connectivity index (χ4n) is 1.84. The molecule has 0 fully saturated rings. The maximum Gasteiger partial charge on any atom is 0.125 e. The summed E-state index contributed by atoms with van der Waals surface area (Å²) in [6.07, 6.45) is 0. The molecular weight excluding hydrogens is 253 g/mol. The first-order valence-electron chi connectivity index (χ1n) is 5.47. The van der Waals surface area contributed by atoms with Crippen molar-refractivity contribution in [2.24, 2.45) is 5.73 Å². The molecule has 0 amide bonds. The smallest absolute Gasteiger partial charge is 0.125 e. The highest BCUT2D eigenvalue weighted by Gasteiger charge is 2.08. The van der Waals surface area contributed by atoms with Gasteiger partial charge in [0, 0.05) is 11.6 Å². The number of benzene rings is 2. The Morgan fingerprint density at radius 3 is 2.61 bits per heavy atom. The highest BCUT2D eigenvalue weighted by atomic mass is 35.5. The third-order valence-electron chi connectivity index (χ3n) is 2.71. The lowest BCUT2D eigenvalue weighted by Crippen LogP contribution is -1.99. The zero-order valence-corrected chi connectivity index (χ0v) is 10.7. The molecule has 0 aliphatic carbocycles. The Morgan fingerprint density at radius 2 is 2.00 bits per heavy atom. The first-order valence-corrected chi connectivity index (χ1v) is 5.85. The summed E-state index contributed by atoms with van der Waals surface area (Å²) in [6.45, 7) is 0.369. The molecule has 2 aromatic carbocycles. The van der Waals surface area contributed by atoms with Gasteiger partial charge in [-0.3, -0.25) is 0 Å². The summed E-state index contributed by atoms with van der Waals surface area (Å²) in [4.78, 5) is 0. The second kappa shape index (κ2) is 5.38. The standard InChI is InChI=1S/C14H13ClFNO/c1-18-13-3-2-9(8-17)14(7-13)10-4-11(15)6-12(16)5-10/h2-7H,8,17H2,1H3. The average molecular weight is 266 g/mol. The molecular formula is C14H13ClFNO. The summed E-state index contributed by atoms with van der Waals surface area (Å²) in [7, 11) is 1.58. The molecule has 2 nitrogen and oxygen atoms in total. The van der Waals surface area contributed by atoms with E-state index in [0.29, 0.717) is 22.9 Å². The summed E-state index contributed by atoms with van der Waals surface area (Å²) in [5.74, 6) is 0.325. The molecule has 2 N–H and O–H groups in total. The van der Waals surface area contributed by atoms with Crippen molar-refractivity contribution in [2.45, 2.75) is 6.54 Å². The van der Waals surface area contributed by atoms with Crippen LogP contribution in [0.1, 0.15) is 5.56 Å². The summed E-state index contributed by atoms with van der Waals surface area (Å²) in [5.41, 5.74) is 8.13. The van der Waals surface area contributed by atoms with E-state index >= 15 is 0 Å². The second-order valence-corrected chi connectivity index (χ2v) is 4.32. The van der Waals surface area contributed by atoms with E-state index < -0.39 is 0 Å². The van der Waals surface area contributed by atoms with Crippen LogP contribution in [0.5, 0.6) is 5.75 Å². The second-order valence-electron chi connectivity index (χ2n) is 3.89. The van der Waals surface area contributed by atoms with Gasteiger partial charge in [-0.25, -0.2) is 4.39 Å². The summed E-state index contributed by atoms with van der Waals surface area (Å²) in [5, 5.41) is 0.357. The molecule has 2 aromatic rings. The number of methoxy groups -OCH3 is 1. The summed E-state index contributed by atoms with van der Waals surface area (Å²) >= 11 is 5.87. The minimum atomic E-state index is -0.372. The Morgan fingerprint density at radius 1 is 1.22 bits per heavy atom. The van der Waals surface area contributed by atoms with Crippen molar-refractivity contribution in [3.63, 3.8) is 0 Å². The Balaban J connectivity index is 2.60. The van der Waals surface area contributed by atoms with Crippen LogP contribution in [0.4, 0.5) is 4.39 Å². The molecule has 0 unspecified atom stereocenters. The van der Waals surface area contributed by atoms with Gasteiger partial charge in [-0.1, -0.05) is 17.7 Å².